The van der Waals surface area contributed by atoms with Crippen molar-refractivity contribution < 1.29 is 9.53 Å². The van der Waals surface area contributed by atoms with Crippen LogP contribution in [-0.4, -0.2) is 66.2 Å². The van der Waals surface area contributed by atoms with Crippen LogP contribution in [0.4, 0.5) is 0 Å². The maximum absolute atomic E-state index is 12.1. The van der Waals surface area contributed by atoms with Crippen LogP contribution in [0.2, 0.25) is 0 Å². The van der Waals surface area contributed by atoms with Crippen LogP contribution in [-0.2, 0) is 9.53 Å². The molecule has 21 heavy (non-hydrogen) atoms. The zero-order valence-corrected chi connectivity index (χ0v) is 13.2. The van der Waals surface area contributed by atoms with Crippen molar-refractivity contribution in [1.82, 2.24) is 9.80 Å². The highest BCUT2D eigenvalue weighted by Gasteiger charge is 2.45. The van der Waals surface area contributed by atoms with Crippen molar-refractivity contribution in [2.75, 3.05) is 32.8 Å². The minimum Gasteiger partial charge on any atom is -0.465 e. The Morgan fingerprint density at radius 2 is 1.95 bits per heavy atom. The van der Waals surface area contributed by atoms with Gasteiger partial charge < -0.3 is 10.5 Å². The number of carbonyl (C=O) groups excluding carboxylic acids is 1. The Labute approximate surface area is 127 Å². The van der Waals surface area contributed by atoms with Gasteiger partial charge in [-0.15, -0.1) is 0 Å². The second-order valence-electron chi connectivity index (χ2n) is 6.95. The first-order valence-electron chi connectivity index (χ1n) is 8.56. The van der Waals surface area contributed by atoms with Crippen molar-refractivity contribution >= 4 is 5.97 Å². The minimum absolute atomic E-state index is 0.204. The van der Waals surface area contributed by atoms with Crippen LogP contribution < -0.4 is 5.73 Å². The average molecular weight is 295 g/mol. The standard InChI is InChI=1S/C16H29N3O2/c1-2-21-15(20)16(17)7-6-13(11-16)19-10-4-9-18-8-3-5-14(18)12-19/h13-14H,2-12,17H2,1H3. The molecule has 5 nitrogen and oxygen atoms in total. The van der Waals surface area contributed by atoms with E-state index in [0.29, 0.717) is 12.6 Å². The van der Waals surface area contributed by atoms with Gasteiger partial charge >= 0.3 is 5.97 Å². The first-order valence-corrected chi connectivity index (χ1v) is 8.56. The number of rotatable bonds is 3. The van der Waals surface area contributed by atoms with Crippen molar-refractivity contribution in [3.05, 3.63) is 0 Å². The molecule has 3 aliphatic rings. The number of fused-ring (bicyclic) bond motifs is 1. The lowest BCUT2D eigenvalue weighted by Crippen LogP contribution is -2.49. The first-order chi connectivity index (χ1) is 10.1. The molecule has 2 N–H and O–H groups in total. The van der Waals surface area contributed by atoms with Crippen LogP contribution in [0.5, 0.6) is 0 Å². The number of carbonyl (C=O) groups is 1. The molecule has 3 fully saturated rings. The van der Waals surface area contributed by atoms with E-state index in [0.717, 1.165) is 38.4 Å². The topological polar surface area (TPSA) is 58.8 Å². The summed E-state index contributed by atoms with van der Waals surface area (Å²) in [5.41, 5.74) is 5.57. The van der Waals surface area contributed by atoms with Crippen molar-refractivity contribution in [1.29, 1.82) is 0 Å². The summed E-state index contributed by atoms with van der Waals surface area (Å²) in [6.07, 6.45) is 6.47. The molecule has 0 aromatic heterocycles. The summed E-state index contributed by atoms with van der Waals surface area (Å²) in [4.78, 5) is 17.3. The molecule has 1 saturated carbocycles. The SMILES string of the molecule is CCOC(=O)C1(N)CCC(N2CCCN3CCCC3C2)C1. The third-order valence-corrected chi connectivity index (χ3v) is 5.56. The van der Waals surface area contributed by atoms with Gasteiger partial charge in [0.05, 0.1) is 6.61 Å². The van der Waals surface area contributed by atoms with E-state index in [1.54, 1.807) is 0 Å². The predicted octanol–water partition coefficient (Wildman–Crippen LogP) is 0.970. The number of esters is 1. The molecule has 2 heterocycles. The lowest BCUT2D eigenvalue weighted by Gasteiger charge is -2.31. The molecular formula is C16H29N3O2. The highest BCUT2D eigenvalue weighted by molar-refractivity contribution is 5.81. The molecular weight excluding hydrogens is 266 g/mol. The van der Waals surface area contributed by atoms with Crippen LogP contribution in [0, 0.1) is 0 Å². The first kappa shape index (κ1) is 15.3. The van der Waals surface area contributed by atoms with Gasteiger partial charge in [0.25, 0.3) is 0 Å². The fourth-order valence-corrected chi connectivity index (χ4v) is 4.39. The molecule has 0 aromatic rings. The molecule has 0 amide bonds. The molecule has 120 valence electrons. The Kier molecular flexibility index (Phi) is 4.52. The highest BCUT2D eigenvalue weighted by atomic mass is 16.5. The van der Waals surface area contributed by atoms with E-state index in [1.807, 2.05) is 6.92 Å². The van der Waals surface area contributed by atoms with Gasteiger partial charge in [0.15, 0.2) is 0 Å². The molecule has 0 spiro atoms. The number of nitrogens with zero attached hydrogens (tertiary/aromatic N) is 2. The summed E-state index contributed by atoms with van der Waals surface area (Å²) in [7, 11) is 0. The van der Waals surface area contributed by atoms with E-state index < -0.39 is 5.54 Å². The van der Waals surface area contributed by atoms with Crippen molar-refractivity contribution in [3.63, 3.8) is 0 Å². The lowest BCUT2D eigenvalue weighted by atomic mass is 9.99. The molecule has 3 atom stereocenters. The summed E-state index contributed by atoms with van der Waals surface area (Å²) >= 11 is 0. The highest BCUT2D eigenvalue weighted by Crippen LogP contribution is 2.34. The van der Waals surface area contributed by atoms with E-state index in [9.17, 15) is 4.79 Å². The summed E-state index contributed by atoms with van der Waals surface area (Å²) in [6.45, 7) is 7.08. The van der Waals surface area contributed by atoms with Crippen LogP contribution in [0.1, 0.15) is 45.4 Å². The molecule has 3 rings (SSSR count). The Balaban J connectivity index is 1.61. The molecule has 2 aliphatic heterocycles. The smallest absolute Gasteiger partial charge is 0.326 e. The number of ether oxygens (including phenoxy) is 1. The Hall–Kier alpha value is -0.650. The third-order valence-electron chi connectivity index (χ3n) is 5.56. The monoisotopic (exact) mass is 295 g/mol. The molecule has 0 radical (unpaired) electrons. The van der Waals surface area contributed by atoms with E-state index in [4.69, 9.17) is 10.5 Å². The summed E-state index contributed by atoms with van der Waals surface area (Å²) < 4.78 is 5.17. The normalized spacial score (nSPS) is 38.2. The molecule has 3 unspecified atom stereocenters. The zero-order chi connectivity index (χ0) is 14.9. The van der Waals surface area contributed by atoms with Gasteiger partial charge in [0.2, 0.25) is 0 Å². The summed E-state index contributed by atoms with van der Waals surface area (Å²) in [5, 5.41) is 0. The Morgan fingerprint density at radius 3 is 2.76 bits per heavy atom. The molecule has 0 aromatic carbocycles. The molecule has 2 saturated heterocycles. The van der Waals surface area contributed by atoms with Gasteiger partial charge in [-0.25, -0.2) is 0 Å². The number of hydrogen-bond acceptors (Lipinski definition) is 5. The molecule has 0 bridgehead atoms. The number of hydrogen-bond donors (Lipinski definition) is 1. The summed E-state index contributed by atoms with van der Waals surface area (Å²) in [5.74, 6) is -0.204. The fourth-order valence-electron chi connectivity index (χ4n) is 4.39. The van der Waals surface area contributed by atoms with E-state index in [1.165, 1.54) is 32.4 Å². The van der Waals surface area contributed by atoms with Crippen LogP contribution in [0.25, 0.3) is 0 Å². The maximum atomic E-state index is 12.1. The van der Waals surface area contributed by atoms with Gasteiger partial charge in [-0.3, -0.25) is 14.6 Å². The third kappa shape index (κ3) is 3.10. The quantitative estimate of drug-likeness (QED) is 0.786. The fraction of sp³-hybridized carbons (Fsp3) is 0.938. The molecule has 1 aliphatic carbocycles. The van der Waals surface area contributed by atoms with Gasteiger partial charge in [0, 0.05) is 18.6 Å². The maximum Gasteiger partial charge on any atom is 0.326 e. The Morgan fingerprint density at radius 1 is 1.19 bits per heavy atom. The van der Waals surface area contributed by atoms with Gasteiger partial charge in [0.1, 0.15) is 5.54 Å². The van der Waals surface area contributed by atoms with Gasteiger partial charge in [-0.2, -0.15) is 0 Å². The van der Waals surface area contributed by atoms with E-state index >= 15 is 0 Å². The van der Waals surface area contributed by atoms with Crippen molar-refractivity contribution in [2.45, 2.75) is 63.1 Å². The van der Waals surface area contributed by atoms with E-state index in [2.05, 4.69) is 9.80 Å². The summed E-state index contributed by atoms with van der Waals surface area (Å²) in [6, 6.07) is 1.18. The van der Waals surface area contributed by atoms with Crippen LogP contribution >= 0.6 is 0 Å². The average Bonchev–Trinajstić information content (AvgIpc) is 3.02. The van der Waals surface area contributed by atoms with E-state index in [-0.39, 0.29) is 5.97 Å². The van der Waals surface area contributed by atoms with Crippen molar-refractivity contribution in [2.24, 2.45) is 5.73 Å². The Bertz CT molecular complexity index is 390. The van der Waals surface area contributed by atoms with Crippen LogP contribution in [0.3, 0.4) is 0 Å². The van der Waals surface area contributed by atoms with Crippen LogP contribution in [0.15, 0.2) is 0 Å². The number of nitrogens with two attached hydrogens (primary N) is 1. The largest absolute Gasteiger partial charge is 0.465 e. The molecule has 5 heteroatoms. The second kappa shape index (κ2) is 6.23. The second-order valence-corrected chi connectivity index (χ2v) is 6.95. The van der Waals surface area contributed by atoms with Gasteiger partial charge in [-0.1, -0.05) is 0 Å². The van der Waals surface area contributed by atoms with Crippen molar-refractivity contribution in [3.8, 4) is 0 Å². The van der Waals surface area contributed by atoms with Gasteiger partial charge in [-0.05, 0) is 65.1 Å². The zero-order valence-electron chi connectivity index (χ0n) is 13.2. The predicted molar refractivity (Wildman–Crippen MR) is 82.0 cm³/mol. The lowest BCUT2D eigenvalue weighted by molar-refractivity contribution is -0.149. The minimum atomic E-state index is -0.748.